The van der Waals surface area contributed by atoms with Crippen LogP contribution < -0.4 is 4.74 Å². The minimum atomic E-state index is -0.712. The third-order valence-electron chi connectivity index (χ3n) is 2.14. The second kappa shape index (κ2) is 5.44. The van der Waals surface area contributed by atoms with Crippen molar-refractivity contribution >= 4 is 5.69 Å². The summed E-state index contributed by atoms with van der Waals surface area (Å²) < 4.78 is 17.7. The van der Waals surface area contributed by atoms with E-state index in [-0.39, 0.29) is 11.4 Å². The fraction of sp³-hybridized carbons (Fsp3) is 0.364. The van der Waals surface area contributed by atoms with E-state index < -0.39 is 11.6 Å². The minimum Gasteiger partial charge on any atom is -0.487 e. The molecule has 0 aliphatic rings. The fourth-order valence-corrected chi connectivity index (χ4v) is 1.40. The highest BCUT2D eigenvalue weighted by Gasteiger charge is 2.24. The largest absolute Gasteiger partial charge is 0.487 e. The molecular formula is C11H13FNO3. The highest BCUT2D eigenvalue weighted by molar-refractivity contribution is 5.57. The molecule has 1 radical (unpaired) electrons. The van der Waals surface area contributed by atoms with E-state index in [1.165, 1.54) is 19.1 Å². The molecule has 5 heteroatoms. The van der Waals surface area contributed by atoms with Gasteiger partial charge in [-0.15, -0.1) is 0 Å². The van der Waals surface area contributed by atoms with Crippen LogP contribution in [0.1, 0.15) is 19.4 Å². The number of hydrogen-bond donors (Lipinski definition) is 0. The quantitative estimate of drug-likeness (QED) is 0.573. The van der Waals surface area contributed by atoms with E-state index >= 15 is 0 Å². The van der Waals surface area contributed by atoms with E-state index in [9.17, 15) is 14.5 Å². The molecule has 4 nitrogen and oxygen atoms in total. The molecule has 0 amide bonds. The maximum absolute atomic E-state index is 12.5. The Morgan fingerprint density at radius 1 is 1.56 bits per heavy atom. The molecule has 0 aromatic heterocycles. The first-order chi connectivity index (χ1) is 7.61. The van der Waals surface area contributed by atoms with Crippen LogP contribution in [0.15, 0.2) is 18.2 Å². The van der Waals surface area contributed by atoms with Gasteiger partial charge in [-0.25, -0.2) is 0 Å². The first kappa shape index (κ1) is 12.4. The topological polar surface area (TPSA) is 52.4 Å². The Balaban J connectivity index is 3.26. The molecule has 1 aromatic rings. The normalized spacial score (nSPS) is 10.5. The van der Waals surface area contributed by atoms with Crippen molar-refractivity contribution in [2.75, 3.05) is 13.3 Å². The van der Waals surface area contributed by atoms with Crippen molar-refractivity contribution in [3.63, 3.8) is 0 Å². The molecule has 0 bridgehead atoms. The molecule has 0 spiro atoms. The SMILES string of the molecule is CCOc1cccc([C](C)CF)c1[N+](=O)[O-]. The summed E-state index contributed by atoms with van der Waals surface area (Å²) in [7, 11) is 0. The van der Waals surface area contributed by atoms with Crippen molar-refractivity contribution in [1.29, 1.82) is 0 Å². The predicted octanol–water partition coefficient (Wildman–Crippen LogP) is 2.91. The fourth-order valence-electron chi connectivity index (χ4n) is 1.40. The average molecular weight is 226 g/mol. The van der Waals surface area contributed by atoms with Crippen LogP contribution in [0.3, 0.4) is 0 Å². The van der Waals surface area contributed by atoms with Gasteiger partial charge in [-0.2, -0.15) is 0 Å². The van der Waals surface area contributed by atoms with Gasteiger partial charge in [0.05, 0.1) is 18.2 Å². The van der Waals surface area contributed by atoms with Crippen molar-refractivity contribution in [2.45, 2.75) is 13.8 Å². The predicted molar refractivity (Wildman–Crippen MR) is 58.3 cm³/mol. The van der Waals surface area contributed by atoms with Gasteiger partial charge in [-0.3, -0.25) is 14.5 Å². The second-order valence-electron chi connectivity index (χ2n) is 3.26. The van der Waals surface area contributed by atoms with E-state index in [0.717, 1.165) is 0 Å². The zero-order valence-corrected chi connectivity index (χ0v) is 9.20. The Morgan fingerprint density at radius 3 is 2.75 bits per heavy atom. The molecule has 0 fully saturated rings. The molecule has 0 heterocycles. The maximum atomic E-state index is 12.5. The molecule has 0 saturated heterocycles. The van der Waals surface area contributed by atoms with Crippen molar-refractivity contribution in [3.8, 4) is 5.75 Å². The van der Waals surface area contributed by atoms with E-state index in [1.807, 2.05) is 0 Å². The minimum absolute atomic E-state index is 0.167. The summed E-state index contributed by atoms with van der Waals surface area (Å²) in [4.78, 5) is 10.4. The molecule has 0 aliphatic heterocycles. The highest BCUT2D eigenvalue weighted by atomic mass is 19.1. The summed E-state index contributed by atoms with van der Waals surface area (Å²) in [5.41, 5.74) is 0.123. The van der Waals surface area contributed by atoms with E-state index in [4.69, 9.17) is 4.74 Å². The Hall–Kier alpha value is -1.65. The Labute approximate surface area is 93.2 Å². The number of alkyl halides is 1. The van der Waals surface area contributed by atoms with Crippen LogP contribution in [0, 0.1) is 16.0 Å². The summed E-state index contributed by atoms with van der Waals surface area (Å²) in [6.07, 6.45) is 0. The van der Waals surface area contributed by atoms with Gasteiger partial charge in [0, 0.05) is 11.5 Å². The molecule has 0 aliphatic carbocycles. The van der Waals surface area contributed by atoms with Crippen LogP contribution in [0.2, 0.25) is 0 Å². The van der Waals surface area contributed by atoms with Crippen LogP contribution in [0.25, 0.3) is 0 Å². The lowest BCUT2D eigenvalue weighted by Crippen LogP contribution is -2.05. The van der Waals surface area contributed by atoms with Gasteiger partial charge in [-0.05, 0) is 13.0 Å². The lowest BCUT2D eigenvalue weighted by atomic mass is 10.00. The molecule has 87 valence electrons. The van der Waals surface area contributed by atoms with Crippen molar-refractivity contribution in [3.05, 3.63) is 39.8 Å². The molecule has 0 atom stereocenters. The third kappa shape index (κ3) is 2.48. The van der Waals surface area contributed by atoms with Gasteiger partial charge in [-0.1, -0.05) is 19.1 Å². The molecule has 0 saturated carbocycles. The summed E-state index contributed by atoms with van der Waals surface area (Å²) in [5, 5.41) is 10.9. The zero-order valence-electron chi connectivity index (χ0n) is 9.20. The number of nitrogens with zero attached hydrogens (tertiary/aromatic N) is 1. The first-order valence-electron chi connectivity index (χ1n) is 4.90. The molecule has 0 N–H and O–H groups in total. The van der Waals surface area contributed by atoms with Crippen LogP contribution >= 0.6 is 0 Å². The molecular weight excluding hydrogens is 213 g/mol. The van der Waals surface area contributed by atoms with Gasteiger partial charge < -0.3 is 4.74 Å². The van der Waals surface area contributed by atoms with E-state index in [2.05, 4.69) is 0 Å². The smallest absolute Gasteiger partial charge is 0.314 e. The van der Waals surface area contributed by atoms with E-state index in [0.29, 0.717) is 18.1 Å². The number of nitro benzene ring substituents is 1. The molecule has 1 rings (SSSR count). The van der Waals surface area contributed by atoms with Crippen LogP contribution in [-0.4, -0.2) is 18.2 Å². The molecule has 0 unspecified atom stereocenters. The number of halogens is 1. The highest BCUT2D eigenvalue weighted by Crippen LogP contribution is 2.34. The van der Waals surface area contributed by atoms with E-state index in [1.54, 1.807) is 13.0 Å². The van der Waals surface area contributed by atoms with Crippen LogP contribution in [-0.2, 0) is 0 Å². The first-order valence-corrected chi connectivity index (χ1v) is 4.90. The number of ether oxygens (including phenoxy) is 1. The van der Waals surface area contributed by atoms with Crippen molar-refractivity contribution in [2.24, 2.45) is 0 Å². The Morgan fingerprint density at radius 2 is 2.25 bits per heavy atom. The molecule has 16 heavy (non-hydrogen) atoms. The van der Waals surface area contributed by atoms with Gasteiger partial charge in [0.15, 0.2) is 5.75 Å². The standard InChI is InChI=1S/C11H13FNO3/c1-3-16-10-6-4-5-9(8(2)7-12)11(10)13(14)15/h4-6H,3,7H2,1-2H3. The maximum Gasteiger partial charge on any atom is 0.314 e. The van der Waals surface area contributed by atoms with Crippen LogP contribution in [0.5, 0.6) is 5.75 Å². The Bertz CT molecular complexity index is 381. The lowest BCUT2D eigenvalue weighted by molar-refractivity contribution is -0.386. The number of para-hydroxylation sites is 1. The monoisotopic (exact) mass is 226 g/mol. The van der Waals surface area contributed by atoms with Gasteiger partial charge >= 0.3 is 5.69 Å². The van der Waals surface area contributed by atoms with Gasteiger partial charge in [0.1, 0.15) is 0 Å². The van der Waals surface area contributed by atoms with Gasteiger partial charge in [0.25, 0.3) is 0 Å². The summed E-state index contributed by atoms with van der Waals surface area (Å²) in [6.45, 7) is 2.88. The Kier molecular flexibility index (Phi) is 4.22. The summed E-state index contributed by atoms with van der Waals surface area (Å²) in [6, 6.07) is 4.65. The van der Waals surface area contributed by atoms with Gasteiger partial charge in [0.2, 0.25) is 0 Å². The second-order valence-corrected chi connectivity index (χ2v) is 3.26. The number of benzene rings is 1. The number of hydrogen-bond acceptors (Lipinski definition) is 3. The number of rotatable bonds is 5. The van der Waals surface area contributed by atoms with Crippen molar-refractivity contribution in [1.82, 2.24) is 0 Å². The summed E-state index contributed by atoms with van der Waals surface area (Å²) in [5.74, 6) is 0.506. The average Bonchev–Trinajstić information content (AvgIpc) is 2.27. The van der Waals surface area contributed by atoms with Crippen molar-refractivity contribution < 1.29 is 14.1 Å². The number of nitro groups is 1. The lowest BCUT2D eigenvalue weighted by Gasteiger charge is -2.10. The molecule has 1 aromatic carbocycles. The zero-order chi connectivity index (χ0) is 12.1. The van der Waals surface area contributed by atoms with Crippen LogP contribution in [0.4, 0.5) is 10.1 Å². The third-order valence-corrected chi connectivity index (χ3v) is 2.14. The summed E-state index contributed by atoms with van der Waals surface area (Å²) >= 11 is 0.